The van der Waals surface area contributed by atoms with E-state index in [1.807, 2.05) is 0 Å². The van der Waals surface area contributed by atoms with Crippen molar-refractivity contribution < 1.29 is 0 Å². The summed E-state index contributed by atoms with van der Waals surface area (Å²) >= 11 is 0. The third kappa shape index (κ3) is 2.85. The number of hydrogen-bond acceptors (Lipinski definition) is 1. The fourth-order valence-electron chi connectivity index (χ4n) is 2.72. The summed E-state index contributed by atoms with van der Waals surface area (Å²) in [7, 11) is 0. The molecule has 0 saturated heterocycles. The first-order valence-electron chi connectivity index (χ1n) is 6.59. The van der Waals surface area contributed by atoms with Crippen molar-refractivity contribution in [3.8, 4) is 0 Å². The van der Waals surface area contributed by atoms with E-state index >= 15 is 0 Å². The van der Waals surface area contributed by atoms with Gasteiger partial charge in [-0.25, -0.2) is 0 Å². The van der Waals surface area contributed by atoms with Crippen molar-refractivity contribution in [3.05, 3.63) is 35.4 Å². The van der Waals surface area contributed by atoms with Gasteiger partial charge in [-0.3, -0.25) is 0 Å². The van der Waals surface area contributed by atoms with E-state index in [1.165, 1.54) is 30.4 Å². The predicted molar refractivity (Wildman–Crippen MR) is 69.5 cm³/mol. The maximum Gasteiger partial charge on any atom is 0.0210 e. The molecule has 1 nitrogen and oxygen atoms in total. The van der Waals surface area contributed by atoms with Gasteiger partial charge in [-0.2, -0.15) is 0 Å². The Hall–Kier alpha value is -0.820. The molecule has 1 heteroatoms. The van der Waals surface area contributed by atoms with E-state index in [1.54, 1.807) is 0 Å². The van der Waals surface area contributed by atoms with Gasteiger partial charge in [0.1, 0.15) is 0 Å². The lowest BCUT2D eigenvalue weighted by molar-refractivity contribution is 0.501. The van der Waals surface area contributed by atoms with Gasteiger partial charge in [0.05, 0.1) is 0 Å². The molecular weight excluding hydrogens is 194 g/mol. The van der Waals surface area contributed by atoms with Crippen molar-refractivity contribution >= 4 is 0 Å². The van der Waals surface area contributed by atoms with Crippen LogP contribution in [-0.2, 0) is 13.0 Å². The van der Waals surface area contributed by atoms with E-state index in [0.717, 1.165) is 24.9 Å². The Kier molecular flexibility index (Phi) is 4.00. The second-order valence-electron chi connectivity index (χ2n) is 5.12. The Bertz CT molecular complexity index is 332. The number of nitrogens with one attached hydrogen (secondary N) is 1. The van der Waals surface area contributed by atoms with E-state index in [-0.39, 0.29) is 0 Å². The minimum atomic E-state index is 0.750. The molecule has 2 rings (SSSR count). The van der Waals surface area contributed by atoms with Gasteiger partial charge in [-0.05, 0) is 42.7 Å². The lowest BCUT2D eigenvalue weighted by Crippen LogP contribution is -2.26. The highest BCUT2D eigenvalue weighted by Crippen LogP contribution is 2.25. The average molecular weight is 217 g/mol. The highest BCUT2D eigenvalue weighted by atomic mass is 14.9. The molecule has 1 N–H and O–H groups in total. The smallest absolute Gasteiger partial charge is 0.0210 e. The van der Waals surface area contributed by atoms with Crippen molar-refractivity contribution in [2.24, 2.45) is 5.92 Å². The van der Waals surface area contributed by atoms with Crippen LogP contribution in [0.4, 0.5) is 0 Å². The summed E-state index contributed by atoms with van der Waals surface area (Å²) in [5, 5.41) is 3.70. The standard InChI is InChI=1S/C15H23N/c1-3-13-6-4-5-7-14(13)11-16-15-9-8-12(2)10-15/h4-7,12,15-16H,3,8-11H2,1-2H3. The van der Waals surface area contributed by atoms with Gasteiger partial charge in [-0.1, -0.05) is 38.1 Å². The Morgan fingerprint density at radius 2 is 1.94 bits per heavy atom. The quantitative estimate of drug-likeness (QED) is 0.813. The SMILES string of the molecule is CCc1ccccc1CNC1CCC(C)C1. The van der Waals surface area contributed by atoms with Gasteiger partial charge >= 0.3 is 0 Å². The predicted octanol–water partition coefficient (Wildman–Crippen LogP) is 3.53. The van der Waals surface area contributed by atoms with Crippen LogP contribution in [0.1, 0.15) is 44.2 Å². The second-order valence-corrected chi connectivity index (χ2v) is 5.12. The van der Waals surface area contributed by atoms with Crippen LogP contribution < -0.4 is 5.32 Å². The molecule has 2 unspecified atom stereocenters. The average Bonchev–Trinajstić information content (AvgIpc) is 2.73. The summed E-state index contributed by atoms with van der Waals surface area (Å²) in [4.78, 5) is 0. The maximum absolute atomic E-state index is 3.70. The van der Waals surface area contributed by atoms with E-state index in [2.05, 4.69) is 43.4 Å². The zero-order chi connectivity index (χ0) is 11.4. The topological polar surface area (TPSA) is 12.0 Å². The summed E-state index contributed by atoms with van der Waals surface area (Å²) in [6, 6.07) is 9.53. The van der Waals surface area contributed by atoms with Crippen molar-refractivity contribution in [3.63, 3.8) is 0 Å². The molecular formula is C15H23N. The third-order valence-corrected chi connectivity index (χ3v) is 3.78. The van der Waals surface area contributed by atoms with Crippen LogP contribution in [0.2, 0.25) is 0 Å². The van der Waals surface area contributed by atoms with Gasteiger partial charge in [0, 0.05) is 12.6 Å². The molecule has 1 aliphatic rings. The zero-order valence-corrected chi connectivity index (χ0v) is 10.5. The summed E-state index contributed by atoms with van der Waals surface area (Å²) < 4.78 is 0. The van der Waals surface area contributed by atoms with Gasteiger partial charge in [0.15, 0.2) is 0 Å². The highest BCUT2D eigenvalue weighted by Gasteiger charge is 2.20. The van der Waals surface area contributed by atoms with Crippen LogP contribution in [0.3, 0.4) is 0 Å². The summed E-state index contributed by atoms with van der Waals surface area (Å²) in [5.74, 6) is 0.916. The lowest BCUT2D eigenvalue weighted by atomic mass is 10.0. The molecule has 0 bridgehead atoms. The molecule has 1 saturated carbocycles. The molecule has 0 amide bonds. The van der Waals surface area contributed by atoms with Crippen LogP contribution in [-0.4, -0.2) is 6.04 Å². The number of aryl methyl sites for hydroxylation is 1. The third-order valence-electron chi connectivity index (χ3n) is 3.78. The molecule has 88 valence electrons. The van der Waals surface area contributed by atoms with Crippen LogP contribution in [0, 0.1) is 5.92 Å². The molecule has 1 aromatic rings. The van der Waals surface area contributed by atoms with Gasteiger partial charge in [0.25, 0.3) is 0 Å². The first kappa shape index (κ1) is 11.7. The summed E-state index contributed by atoms with van der Waals surface area (Å²) in [6.07, 6.45) is 5.25. The fourth-order valence-corrected chi connectivity index (χ4v) is 2.72. The lowest BCUT2D eigenvalue weighted by Gasteiger charge is -2.14. The largest absolute Gasteiger partial charge is 0.310 e. The molecule has 0 aliphatic heterocycles. The van der Waals surface area contributed by atoms with E-state index in [0.29, 0.717) is 0 Å². The normalized spacial score (nSPS) is 24.9. The van der Waals surface area contributed by atoms with E-state index in [9.17, 15) is 0 Å². The minimum Gasteiger partial charge on any atom is -0.310 e. The van der Waals surface area contributed by atoms with Gasteiger partial charge in [0.2, 0.25) is 0 Å². The molecule has 1 fully saturated rings. The Morgan fingerprint density at radius 3 is 2.56 bits per heavy atom. The first-order valence-corrected chi connectivity index (χ1v) is 6.59. The molecule has 0 aromatic heterocycles. The van der Waals surface area contributed by atoms with E-state index in [4.69, 9.17) is 0 Å². The maximum atomic E-state index is 3.70. The van der Waals surface area contributed by atoms with Crippen LogP contribution in [0.15, 0.2) is 24.3 Å². The van der Waals surface area contributed by atoms with Crippen molar-refractivity contribution in [1.29, 1.82) is 0 Å². The van der Waals surface area contributed by atoms with Crippen molar-refractivity contribution in [2.75, 3.05) is 0 Å². The molecule has 1 aromatic carbocycles. The number of rotatable bonds is 4. The van der Waals surface area contributed by atoms with E-state index < -0.39 is 0 Å². The van der Waals surface area contributed by atoms with Crippen LogP contribution >= 0.6 is 0 Å². The zero-order valence-electron chi connectivity index (χ0n) is 10.5. The first-order chi connectivity index (χ1) is 7.79. The van der Waals surface area contributed by atoms with Crippen LogP contribution in [0.25, 0.3) is 0 Å². The summed E-state index contributed by atoms with van der Waals surface area (Å²) in [5.41, 5.74) is 2.96. The fraction of sp³-hybridized carbons (Fsp3) is 0.600. The highest BCUT2D eigenvalue weighted by molar-refractivity contribution is 5.26. The molecule has 0 heterocycles. The number of hydrogen-bond donors (Lipinski definition) is 1. The monoisotopic (exact) mass is 217 g/mol. The van der Waals surface area contributed by atoms with Gasteiger partial charge in [-0.15, -0.1) is 0 Å². The Labute approximate surface area is 99.3 Å². The molecule has 2 atom stereocenters. The van der Waals surface area contributed by atoms with Crippen LogP contribution in [0.5, 0.6) is 0 Å². The Morgan fingerprint density at radius 1 is 1.19 bits per heavy atom. The molecule has 0 radical (unpaired) electrons. The molecule has 16 heavy (non-hydrogen) atoms. The number of benzene rings is 1. The minimum absolute atomic E-state index is 0.750. The summed E-state index contributed by atoms with van der Waals surface area (Å²) in [6.45, 7) is 5.64. The van der Waals surface area contributed by atoms with Crippen molar-refractivity contribution in [2.45, 2.75) is 52.1 Å². The Balaban J connectivity index is 1.89. The second kappa shape index (κ2) is 5.49. The van der Waals surface area contributed by atoms with Gasteiger partial charge < -0.3 is 5.32 Å². The molecule has 1 aliphatic carbocycles. The van der Waals surface area contributed by atoms with Crippen molar-refractivity contribution in [1.82, 2.24) is 5.32 Å². The molecule has 0 spiro atoms.